The van der Waals surface area contributed by atoms with Gasteiger partial charge in [-0.05, 0) is 61.4 Å². The predicted octanol–water partition coefficient (Wildman–Crippen LogP) is 4.58. The van der Waals surface area contributed by atoms with Gasteiger partial charge in [0.25, 0.3) is 11.8 Å². The molecule has 1 aliphatic heterocycles. The Morgan fingerprint density at radius 1 is 0.968 bits per heavy atom. The number of nitrogens with zero attached hydrogens (tertiary/aromatic N) is 1. The average Bonchev–Trinajstić information content (AvgIpc) is 2.75. The number of rotatable bonds is 8. The molecule has 2 aromatic carbocycles. The molecule has 0 radical (unpaired) electrons. The number of imide groups is 2. The van der Waals surface area contributed by atoms with E-state index in [9.17, 15) is 14.4 Å². The van der Waals surface area contributed by atoms with Gasteiger partial charge in [-0.3, -0.25) is 14.9 Å². The van der Waals surface area contributed by atoms with Crippen LogP contribution in [-0.2, 0) is 9.59 Å². The molecule has 1 fully saturated rings. The van der Waals surface area contributed by atoms with Crippen LogP contribution >= 0.6 is 11.6 Å². The number of nitrogens with one attached hydrogen (secondary N) is 1. The summed E-state index contributed by atoms with van der Waals surface area (Å²) in [6, 6.07) is 10.6. The molecule has 7 nitrogen and oxygen atoms in total. The third-order valence-electron chi connectivity index (χ3n) is 4.40. The molecule has 0 bridgehead atoms. The van der Waals surface area contributed by atoms with E-state index in [1.165, 1.54) is 6.08 Å². The quantitative estimate of drug-likeness (QED) is 0.477. The third-order valence-corrected chi connectivity index (χ3v) is 4.64. The van der Waals surface area contributed by atoms with Gasteiger partial charge in [-0.2, -0.15) is 0 Å². The number of hydrogen-bond acceptors (Lipinski definition) is 5. The molecule has 0 atom stereocenters. The van der Waals surface area contributed by atoms with Crippen LogP contribution in [0.25, 0.3) is 6.08 Å². The van der Waals surface area contributed by atoms with Crippen LogP contribution in [-0.4, -0.2) is 31.1 Å². The number of benzene rings is 2. The van der Waals surface area contributed by atoms with Crippen LogP contribution in [0.5, 0.6) is 11.5 Å². The number of anilines is 1. The molecule has 1 aliphatic rings. The lowest BCUT2D eigenvalue weighted by atomic mass is 10.1. The molecule has 1 N–H and O–H groups in total. The molecule has 0 aliphatic carbocycles. The molecule has 8 heteroatoms. The molecule has 0 unspecified atom stereocenters. The van der Waals surface area contributed by atoms with Gasteiger partial charge in [-0.1, -0.05) is 25.4 Å². The minimum atomic E-state index is -0.817. The molecule has 4 amide bonds. The molecule has 1 heterocycles. The highest BCUT2D eigenvalue weighted by Gasteiger charge is 2.37. The van der Waals surface area contributed by atoms with E-state index in [-0.39, 0.29) is 5.57 Å². The van der Waals surface area contributed by atoms with Crippen molar-refractivity contribution in [2.75, 3.05) is 18.1 Å². The largest absolute Gasteiger partial charge is 0.494 e. The van der Waals surface area contributed by atoms with Crippen LogP contribution in [0.3, 0.4) is 0 Å². The first-order valence-electron chi connectivity index (χ1n) is 10.0. The summed E-state index contributed by atoms with van der Waals surface area (Å²) in [5, 5.41) is 2.63. The fraction of sp³-hybridized carbons (Fsp3) is 0.261. The number of carbonyl (C=O) groups is 3. The minimum Gasteiger partial charge on any atom is -0.494 e. The summed E-state index contributed by atoms with van der Waals surface area (Å²) in [7, 11) is 0. The van der Waals surface area contributed by atoms with Crippen molar-refractivity contribution in [3.8, 4) is 11.5 Å². The van der Waals surface area contributed by atoms with Gasteiger partial charge in [-0.15, -0.1) is 0 Å². The van der Waals surface area contributed by atoms with E-state index < -0.39 is 17.8 Å². The van der Waals surface area contributed by atoms with E-state index in [0.29, 0.717) is 41.0 Å². The highest BCUT2D eigenvalue weighted by molar-refractivity contribution is 6.39. The van der Waals surface area contributed by atoms with E-state index in [2.05, 4.69) is 5.32 Å². The Bertz CT molecular complexity index is 1020. The van der Waals surface area contributed by atoms with Crippen molar-refractivity contribution in [3.63, 3.8) is 0 Å². The molecule has 1 saturated heterocycles. The average molecular weight is 443 g/mol. The number of carbonyl (C=O) groups excluding carboxylic acids is 3. The topological polar surface area (TPSA) is 84.9 Å². The number of halogens is 1. The van der Waals surface area contributed by atoms with Crippen LogP contribution < -0.4 is 19.7 Å². The summed E-state index contributed by atoms with van der Waals surface area (Å²) in [5.74, 6) is -0.410. The maximum atomic E-state index is 13.1. The van der Waals surface area contributed by atoms with Gasteiger partial charge in [0.05, 0.1) is 18.9 Å². The van der Waals surface area contributed by atoms with Gasteiger partial charge in [0.15, 0.2) is 0 Å². The number of hydrogen-bond donors (Lipinski definition) is 1. The standard InChI is InChI=1S/C23H23ClN2O5/c1-3-11-30-18-8-6-17(7-9-18)26-22(28)19(21(27)25-23(26)29)14-15-13-16(24)5-10-20(15)31-12-4-2/h5-10,13-14H,3-4,11-12H2,1-2H3,(H,25,27,29)/b19-14-. The van der Waals surface area contributed by atoms with E-state index in [0.717, 1.165) is 17.7 Å². The van der Waals surface area contributed by atoms with Crippen molar-refractivity contribution in [3.05, 3.63) is 58.6 Å². The lowest BCUT2D eigenvalue weighted by Gasteiger charge is -2.26. The number of urea groups is 1. The molecule has 162 valence electrons. The predicted molar refractivity (Wildman–Crippen MR) is 118 cm³/mol. The zero-order valence-electron chi connectivity index (χ0n) is 17.3. The summed E-state index contributed by atoms with van der Waals surface area (Å²) in [6.07, 6.45) is 3.03. The van der Waals surface area contributed by atoms with Crippen molar-refractivity contribution in [2.45, 2.75) is 26.7 Å². The first-order chi connectivity index (χ1) is 14.9. The Balaban J connectivity index is 1.94. The number of amides is 4. The van der Waals surface area contributed by atoms with Crippen molar-refractivity contribution in [1.82, 2.24) is 5.32 Å². The van der Waals surface area contributed by atoms with Gasteiger partial charge >= 0.3 is 6.03 Å². The maximum Gasteiger partial charge on any atom is 0.335 e. The molecule has 3 rings (SSSR count). The Labute approximate surface area is 185 Å². The molecular weight excluding hydrogens is 420 g/mol. The monoisotopic (exact) mass is 442 g/mol. The summed E-state index contributed by atoms with van der Waals surface area (Å²) in [5.41, 5.74) is 0.588. The van der Waals surface area contributed by atoms with Gasteiger partial charge in [0, 0.05) is 10.6 Å². The first kappa shape index (κ1) is 22.4. The molecule has 0 spiro atoms. The third kappa shape index (κ3) is 5.24. The van der Waals surface area contributed by atoms with Gasteiger partial charge in [0.2, 0.25) is 0 Å². The maximum absolute atomic E-state index is 13.1. The second-order valence-corrected chi connectivity index (χ2v) is 7.27. The Morgan fingerprint density at radius 2 is 1.65 bits per heavy atom. The van der Waals surface area contributed by atoms with Crippen LogP contribution in [0.2, 0.25) is 5.02 Å². The first-order valence-corrected chi connectivity index (χ1v) is 10.4. The molecule has 0 aromatic heterocycles. The molecule has 0 saturated carbocycles. The Hall–Kier alpha value is -3.32. The van der Waals surface area contributed by atoms with E-state index in [4.69, 9.17) is 21.1 Å². The fourth-order valence-corrected chi connectivity index (χ4v) is 3.11. The zero-order chi connectivity index (χ0) is 22.4. The van der Waals surface area contributed by atoms with Gasteiger partial charge in [0.1, 0.15) is 17.1 Å². The van der Waals surface area contributed by atoms with Gasteiger partial charge < -0.3 is 9.47 Å². The Morgan fingerprint density at radius 3 is 2.32 bits per heavy atom. The van der Waals surface area contributed by atoms with Crippen molar-refractivity contribution >= 4 is 41.2 Å². The highest BCUT2D eigenvalue weighted by Crippen LogP contribution is 2.28. The lowest BCUT2D eigenvalue weighted by molar-refractivity contribution is -0.122. The van der Waals surface area contributed by atoms with E-state index >= 15 is 0 Å². The molecule has 2 aromatic rings. The van der Waals surface area contributed by atoms with E-state index in [1.54, 1.807) is 42.5 Å². The summed E-state index contributed by atoms with van der Waals surface area (Å²) >= 11 is 6.09. The normalized spacial score (nSPS) is 15.3. The summed E-state index contributed by atoms with van der Waals surface area (Å²) in [6.45, 7) is 4.99. The number of ether oxygens (including phenoxy) is 2. The highest BCUT2D eigenvalue weighted by atomic mass is 35.5. The molecule has 31 heavy (non-hydrogen) atoms. The van der Waals surface area contributed by atoms with Crippen molar-refractivity contribution in [1.29, 1.82) is 0 Å². The van der Waals surface area contributed by atoms with Crippen LogP contribution in [0, 0.1) is 0 Å². The second-order valence-electron chi connectivity index (χ2n) is 6.83. The van der Waals surface area contributed by atoms with Crippen molar-refractivity contribution < 1.29 is 23.9 Å². The smallest absolute Gasteiger partial charge is 0.335 e. The Kier molecular flexibility index (Phi) is 7.31. The SMILES string of the molecule is CCCOc1ccc(N2C(=O)NC(=O)/C(=C/c3cc(Cl)ccc3OCCC)C2=O)cc1. The second kappa shape index (κ2) is 10.1. The van der Waals surface area contributed by atoms with Gasteiger partial charge in [-0.25, -0.2) is 9.69 Å². The van der Waals surface area contributed by atoms with Crippen LogP contribution in [0.1, 0.15) is 32.3 Å². The molecular formula is C23H23ClN2O5. The summed E-state index contributed by atoms with van der Waals surface area (Å²) in [4.78, 5) is 38.8. The van der Waals surface area contributed by atoms with Crippen molar-refractivity contribution in [2.24, 2.45) is 0 Å². The van der Waals surface area contributed by atoms with Crippen LogP contribution in [0.4, 0.5) is 10.5 Å². The van der Waals surface area contributed by atoms with E-state index in [1.807, 2.05) is 13.8 Å². The number of barbiturate groups is 1. The zero-order valence-corrected chi connectivity index (χ0v) is 18.1. The lowest BCUT2D eigenvalue weighted by Crippen LogP contribution is -2.54. The van der Waals surface area contributed by atoms with Crippen LogP contribution in [0.15, 0.2) is 48.0 Å². The minimum absolute atomic E-state index is 0.200. The summed E-state index contributed by atoms with van der Waals surface area (Å²) < 4.78 is 11.2. The fourth-order valence-electron chi connectivity index (χ4n) is 2.93.